The van der Waals surface area contributed by atoms with Crippen LogP contribution in [0.3, 0.4) is 0 Å². The van der Waals surface area contributed by atoms with Crippen molar-refractivity contribution in [2.24, 2.45) is 11.8 Å². The summed E-state index contributed by atoms with van der Waals surface area (Å²) in [6, 6.07) is 7.85. The molecule has 1 saturated carbocycles. The Morgan fingerprint density at radius 3 is 2.70 bits per heavy atom. The number of carbonyl (C=O) groups is 2. The van der Waals surface area contributed by atoms with Crippen LogP contribution >= 0.6 is 11.6 Å². The maximum atomic E-state index is 12.6. The van der Waals surface area contributed by atoms with Gasteiger partial charge >= 0.3 is 0 Å². The fourth-order valence-corrected chi connectivity index (χ4v) is 3.65. The van der Waals surface area contributed by atoms with Gasteiger partial charge in [-0.15, -0.1) is 0 Å². The largest absolute Gasteiger partial charge is 0.356 e. The number of carbonyl (C=O) groups excluding carboxylic acids is 2. The molecule has 1 aromatic carbocycles. The van der Waals surface area contributed by atoms with E-state index in [1.807, 2.05) is 23.1 Å². The number of amides is 2. The van der Waals surface area contributed by atoms with E-state index in [1.165, 1.54) is 5.56 Å². The number of benzene rings is 1. The maximum Gasteiger partial charge on any atom is 0.226 e. The van der Waals surface area contributed by atoms with Gasteiger partial charge < -0.3 is 10.2 Å². The van der Waals surface area contributed by atoms with E-state index in [9.17, 15) is 9.59 Å². The lowest BCUT2D eigenvalue weighted by Crippen LogP contribution is -2.42. The van der Waals surface area contributed by atoms with E-state index in [-0.39, 0.29) is 17.7 Å². The maximum absolute atomic E-state index is 12.6. The second-order valence-electron chi connectivity index (χ2n) is 6.71. The van der Waals surface area contributed by atoms with Crippen LogP contribution in [0.2, 0.25) is 5.02 Å². The summed E-state index contributed by atoms with van der Waals surface area (Å²) < 4.78 is 0. The molecule has 0 radical (unpaired) electrons. The molecule has 1 aliphatic carbocycles. The molecule has 2 aliphatic rings. The lowest BCUT2D eigenvalue weighted by Gasteiger charge is -2.32. The Labute approximate surface area is 142 Å². The summed E-state index contributed by atoms with van der Waals surface area (Å²) >= 11 is 6.04. The number of halogens is 1. The van der Waals surface area contributed by atoms with Gasteiger partial charge in [-0.1, -0.05) is 23.7 Å². The van der Waals surface area contributed by atoms with Gasteiger partial charge in [-0.2, -0.15) is 0 Å². The molecule has 0 bridgehead atoms. The molecular formula is C18H23ClN2O2. The minimum Gasteiger partial charge on any atom is -0.356 e. The summed E-state index contributed by atoms with van der Waals surface area (Å²) in [5.74, 6) is 1.25. The summed E-state index contributed by atoms with van der Waals surface area (Å²) in [6.07, 6.45) is 2.88. The Morgan fingerprint density at radius 2 is 2.04 bits per heavy atom. The summed E-state index contributed by atoms with van der Waals surface area (Å²) in [5, 5.41) is 3.61. The fraction of sp³-hybridized carbons (Fsp3) is 0.556. The highest BCUT2D eigenvalue weighted by atomic mass is 35.5. The average molecular weight is 335 g/mol. The van der Waals surface area contributed by atoms with Crippen molar-refractivity contribution in [1.29, 1.82) is 0 Å². The lowest BCUT2D eigenvalue weighted by atomic mass is 9.96. The molecule has 2 amide bonds. The zero-order valence-electron chi connectivity index (χ0n) is 13.4. The smallest absolute Gasteiger partial charge is 0.226 e. The normalized spacial score (nSPS) is 24.3. The Kier molecular flexibility index (Phi) is 4.90. The first-order valence-electron chi connectivity index (χ1n) is 8.33. The van der Waals surface area contributed by atoms with Crippen LogP contribution in [0.15, 0.2) is 24.3 Å². The molecule has 1 saturated heterocycles. The Morgan fingerprint density at radius 1 is 1.30 bits per heavy atom. The predicted molar refractivity (Wildman–Crippen MR) is 90.3 cm³/mol. The first-order chi connectivity index (χ1) is 11.0. The lowest BCUT2D eigenvalue weighted by molar-refractivity contribution is -0.134. The monoisotopic (exact) mass is 334 g/mol. The van der Waals surface area contributed by atoms with Crippen LogP contribution in [0.4, 0.5) is 0 Å². The molecule has 3 rings (SSSR count). The SMILES string of the molecule is CC(=O)NCC1CCN(C(=O)[C@@H]2C[C@H]2c2cccc(Cl)c2)CC1. The van der Waals surface area contributed by atoms with Gasteiger partial charge in [0, 0.05) is 37.5 Å². The van der Waals surface area contributed by atoms with Crippen LogP contribution in [0.5, 0.6) is 0 Å². The molecule has 1 N–H and O–H groups in total. The molecule has 2 atom stereocenters. The first-order valence-corrected chi connectivity index (χ1v) is 8.71. The van der Waals surface area contributed by atoms with Crippen molar-refractivity contribution < 1.29 is 9.59 Å². The number of hydrogen-bond donors (Lipinski definition) is 1. The second kappa shape index (κ2) is 6.91. The molecule has 124 valence electrons. The van der Waals surface area contributed by atoms with Crippen molar-refractivity contribution in [3.8, 4) is 0 Å². The number of piperidine rings is 1. The fourth-order valence-electron chi connectivity index (χ4n) is 3.45. The molecule has 1 heterocycles. The molecule has 0 unspecified atom stereocenters. The predicted octanol–water partition coefficient (Wildman–Crippen LogP) is 2.82. The van der Waals surface area contributed by atoms with Crippen LogP contribution in [-0.4, -0.2) is 36.3 Å². The van der Waals surface area contributed by atoms with Crippen molar-refractivity contribution in [2.75, 3.05) is 19.6 Å². The standard InChI is InChI=1S/C18H23ClN2O2/c1-12(22)20-11-13-5-7-21(8-6-13)18(23)17-10-16(17)14-3-2-4-15(19)9-14/h2-4,9,13,16-17H,5-8,10-11H2,1H3,(H,20,22)/t16-,17+/m0/s1. The number of hydrogen-bond acceptors (Lipinski definition) is 2. The van der Waals surface area contributed by atoms with Gasteiger partial charge in [-0.3, -0.25) is 9.59 Å². The summed E-state index contributed by atoms with van der Waals surface area (Å²) in [6.45, 7) is 3.89. The van der Waals surface area contributed by atoms with Gasteiger partial charge in [0.05, 0.1) is 0 Å². The van der Waals surface area contributed by atoms with Crippen molar-refractivity contribution in [3.63, 3.8) is 0 Å². The third-order valence-corrected chi connectivity index (χ3v) is 5.19. The Bertz CT molecular complexity index is 596. The van der Waals surface area contributed by atoms with E-state index >= 15 is 0 Å². The number of nitrogens with zero attached hydrogens (tertiary/aromatic N) is 1. The van der Waals surface area contributed by atoms with E-state index in [2.05, 4.69) is 11.4 Å². The molecule has 0 aromatic heterocycles. The summed E-state index contributed by atoms with van der Waals surface area (Å²) in [5.41, 5.74) is 1.18. The van der Waals surface area contributed by atoms with Crippen LogP contribution in [0.25, 0.3) is 0 Å². The highest BCUT2D eigenvalue weighted by Crippen LogP contribution is 2.49. The van der Waals surface area contributed by atoms with E-state index in [0.29, 0.717) is 11.8 Å². The highest BCUT2D eigenvalue weighted by Gasteiger charge is 2.46. The minimum atomic E-state index is 0.0193. The van der Waals surface area contributed by atoms with Gasteiger partial charge in [0.25, 0.3) is 0 Å². The Hall–Kier alpha value is -1.55. The third-order valence-electron chi connectivity index (χ3n) is 4.95. The molecule has 23 heavy (non-hydrogen) atoms. The molecule has 1 aliphatic heterocycles. The van der Waals surface area contributed by atoms with Gasteiger partial charge in [-0.05, 0) is 48.8 Å². The van der Waals surface area contributed by atoms with Gasteiger partial charge in [0.2, 0.25) is 11.8 Å². The quantitative estimate of drug-likeness (QED) is 0.920. The topological polar surface area (TPSA) is 49.4 Å². The highest BCUT2D eigenvalue weighted by molar-refractivity contribution is 6.30. The number of likely N-dealkylation sites (tertiary alicyclic amines) is 1. The van der Waals surface area contributed by atoms with Gasteiger partial charge in [-0.25, -0.2) is 0 Å². The van der Waals surface area contributed by atoms with E-state index in [1.54, 1.807) is 6.92 Å². The molecular weight excluding hydrogens is 312 g/mol. The van der Waals surface area contributed by atoms with E-state index < -0.39 is 0 Å². The van der Waals surface area contributed by atoms with Crippen molar-refractivity contribution in [2.45, 2.75) is 32.1 Å². The van der Waals surface area contributed by atoms with Crippen LogP contribution in [-0.2, 0) is 9.59 Å². The van der Waals surface area contributed by atoms with E-state index in [4.69, 9.17) is 11.6 Å². The van der Waals surface area contributed by atoms with Crippen molar-refractivity contribution >= 4 is 23.4 Å². The zero-order chi connectivity index (χ0) is 16.4. The number of rotatable bonds is 4. The van der Waals surface area contributed by atoms with Crippen LogP contribution in [0.1, 0.15) is 37.7 Å². The molecule has 5 heteroatoms. The molecule has 4 nitrogen and oxygen atoms in total. The average Bonchev–Trinajstić information content (AvgIpc) is 3.33. The second-order valence-corrected chi connectivity index (χ2v) is 7.15. The van der Waals surface area contributed by atoms with Crippen molar-refractivity contribution in [1.82, 2.24) is 10.2 Å². The summed E-state index contributed by atoms with van der Waals surface area (Å²) in [4.78, 5) is 25.6. The minimum absolute atomic E-state index is 0.0193. The Balaban J connectivity index is 1.48. The molecule has 0 spiro atoms. The first kappa shape index (κ1) is 16.3. The molecule has 1 aromatic rings. The summed E-state index contributed by atoms with van der Waals surface area (Å²) in [7, 11) is 0. The van der Waals surface area contributed by atoms with E-state index in [0.717, 1.165) is 43.9 Å². The van der Waals surface area contributed by atoms with Crippen molar-refractivity contribution in [3.05, 3.63) is 34.9 Å². The van der Waals surface area contributed by atoms with Crippen LogP contribution in [0, 0.1) is 11.8 Å². The van der Waals surface area contributed by atoms with Crippen LogP contribution < -0.4 is 5.32 Å². The van der Waals surface area contributed by atoms with Gasteiger partial charge in [0.15, 0.2) is 0 Å². The number of nitrogens with one attached hydrogen (secondary N) is 1. The third kappa shape index (κ3) is 4.05. The molecule has 2 fully saturated rings. The zero-order valence-corrected chi connectivity index (χ0v) is 14.2. The van der Waals surface area contributed by atoms with Gasteiger partial charge in [0.1, 0.15) is 0 Å².